The summed E-state index contributed by atoms with van der Waals surface area (Å²) in [5.74, 6) is -0.264. The summed E-state index contributed by atoms with van der Waals surface area (Å²) in [6.45, 7) is 12.4. The standard InChI is InChI=1S/C15H24BNO2/c1-10-7-8-12(9-11(10)2)13(17)16-18-14(3,4)15(5,6)19-16/h7-9,13H,17H2,1-6H3/t13-/m0/s1. The maximum Gasteiger partial charge on any atom is 0.480 e. The number of hydrogen-bond acceptors (Lipinski definition) is 3. The third-order valence-electron chi connectivity index (χ3n) is 4.48. The highest BCUT2D eigenvalue weighted by Crippen LogP contribution is 2.39. The van der Waals surface area contributed by atoms with Crippen LogP contribution in [0.3, 0.4) is 0 Å². The lowest BCUT2D eigenvalue weighted by molar-refractivity contribution is 0.00578. The van der Waals surface area contributed by atoms with Gasteiger partial charge >= 0.3 is 7.12 Å². The lowest BCUT2D eigenvalue weighted by Crippen LogP contribution is -2.41. The van der Waals surface area contributed by atoms with Crippen molar-refractivity contribution in [2.45, 2.75) is 58.7 Å². The Hall–Kier alpha value is -0.835. The van der Waals surface area contributed by atoms with Crippen LogP contribution < -0.4 is 5.73 Å². The van der Waals surface area contributed by atoms with E-state index >= 15 is 0 Å². The molecule has 1 aliphatic rings. The zero-order chi connectivity index (χ0) is 14.4. The van der Waals surface area contributed by atoms with Gasteiger partial charge in [0.2, 0.25) is 0 Å². The minimum atomic E-state index is -0.396. The number of benzene rings is 1. The van der Waals surface area contributed by atoms with Gasteiger partial charge in [-0.3, -0.25) is 0 Å². The maximum absolute atomic E-state index is 6.31. The molecule has 2 N–H and O–H groups in total. The van der Waals surface area contributed by atoms with Crippen LogP contribution in [0.2, 0.25) is 0 Å². The molecule has 104 valence electrons. The molecule has 1 heterocycles. The Morgan fingerprint density at radius 1 is 1.00 bits per heavy atom. The monoisotopic (exact) mass is 261 g/mol. The van der Waals surface area contributed by atoms with E-state index in [2.05, 4.69) is 32.0 Å². The molecule has 1 atom stereocenters. The number of rotatable bonds is 2. The molecule has 1 aliphatic heterocycles. The number of aryl methyl sites for hydroxylation is 2. The average Bonchev–Trinajstić information content (AvgIpc) is 2.51. The number of hydrogen-bond donors (Lipinski definition) is 1. The quantitative estimate of drug-likeness (QED) is 0.832. The smallest absolute Gasteiger partial charge is 0.402 e. The van der Waals surface area contributed by atoms with Crippen molar-refractivity contribution in [3.8, 4) is 0 Å². The van der Waals surface area contributed by atoms with Gasteiger partial charge in [-0.2, -0.15) is 0 Å². The Morgan fingerprint density at radius 3 is 2.00 bits per heavy atom. The first-order valence-corrected chi connectivity index (χ1v) is 6.82. The molecule has 0 unspecified atom stereocenters. The van der Waals surface area contributed by atoms with E-state index < -0.39 is 7.12 Å². The molecule has 0 radical (unpaired) electrons. The molecule has 1 fully saturated rings. The van der Waals surface area contributed by atoms with Crippen molar-refractivity contribution in [2.24, 2.45) is 5.73 Å². The Morgan fingerprint density at radius 2 is 1.53 bits per heavy atom. The van der Waals surface area contributed by atoms with Crippen LogP contribution in [0.5, 0.6) is 0 Å². The molecule has 1 aromatic rings. The molecule has 0 saturated carbocycles. The fourth-order valence-electron chi connectivity index (χ4n) is 2.16. The summed E-state index contributed by atoms with van der Waals surface area (Å²) in [4.78, 5) is 0. The molecule has 19 heavy (non-hydrogen) atoms. The minimum absolute atomic E-state index is 0.264. The lowest BCUT2D eigenvalue weighted by atomic mass is 9.74. The van der Waals surface area contributed by atoms with Crippen LogP contribution in [0.15, 0.2) is 18.2 Å². The van der Waals surface area contributed by atoms with Crippen molar-refractivity contribution in [1.29, 1.82) is 0 Å². The van der Waals surface area contributed by atoms with Crippen LogP contribution in [0.4, 0.5) is 0 Å². The van der Waals surface area contributed by atoms with Crippen molar-refractivity contribution in [2.75, 3.05) is 0 Å². The van der Waals surface area contributed by atoms with Crippen molar-refractivity contribution >= 4 is 7.12 Å². The topological polar surface area (TPSA) is 44.5 Å². The van der Waals surface area contributed by atoms with Crippen molar-refractivity contribution < 1.29 is 9.31 Å². The summed E-state index contributed by atoms with van der Waals surface area (Å²) < 4.78 is 12.0. The van der Waals surface area contributed by atoms with Gasteiger partial charge < -0.3 is 15.0 Å². The van der Waals surface area contributed by atoms with Crippen molar-refractivity contribution in [3.05, 3.63) is 34.9 Å². The normalized spacial score (nSPS) is 22.6. The van der Waals surface area contributed by atoms with Gasteiger partial charge in [-0.05, 0) is 58.2 Å². The van der Waals surface area contributed by atoms with Gasteiger partial charge in [-0.1, -0.05) is 18.2 Å². The SMILES string of the molecule is Cc1ccc([C@H](N)B2OC(C)(C)C(C)(C)O2)cc1C. The van der Waals surface area contributed by atoms with Crippen molar-refractivity contribution in [1.82, 2.24) is 0 Å². The second kappa shape index (κ2) is 4.62. The molecule has 0 amide bonds. The summed E-state index contributed by atoms with van der Waals surface area (Å²) in [7, 11) is -0.396. The highest BCUT2D eigenvalue weighted by molar-refractivity contribution is 6.47. The predicted octanol–water partition coefficient (Wildman–Crippen LogP) is 2.93. The molecule has 1 aromatic carbocycles. The van der Waals surface area contributed by atoms with E-state index in [1.165, 1.54) is 11.1 Å². The zero-order valence-corrected chi connectivity index (χ0v) is 12.8. The van der Waals surface area contributed by atoms with Crippen LogP contribution in [0.1, 0.15) is 50.3 Å². The summed E-state index contributed by atoms with van der Waals surface area (Å²) in [6, 6.07) is 6.26. The first kappa shape index (κ1) is 14.6. The van der Waals surface area contributed by atoms with E-state index in [1.807, 2.05) is 27.7 Å². The molecule has 2 rings (SSSR count). The van der Waals surface area contributed by atoms with Gasteiger partial charge in [0, 0.05) is 0 Å². The molecule has 0 bridgehead atoms. The third kappa shape index (κ3) is 2.57. The van der Waals surface area contributed by atoms with Gasteiger partial charge in [0.05, 0.1) is 17.1 Å². The molecular weight excluding hydrogens is 237 g/mol. The highest BCUT2D eigenvalue weighted by atomic mass is 16.7. The van der Waals surface area contributed by atoms with E-state index in [9.17, 15) is 0 Å². The van der Waals surface area contributed by atoms with Gasteiger partial charge in [-0.15, -0.1) is 0 Å². The molecule has 0 aromatic heterocycles. The first-order chi connectivity index (χ1) is 8.64. The van der Waals surface area contributed by atoms with E-state index in [-0.39, 0.29) is 17.1 Å². The van der Waals surface area contributed by atoms with E-state index in [1.54, 1.807) is 0 Å². The second-order valence-corrected chi connectivity index (χ2v) is 6.49. The molecule has 1 saturated heterocycles. The Kier molecular flexibility index (Phi) is 3.54. The van der Waals surface area contributed by atoms with E-state index in [4.69, 9.17) is 15.0 Å². The van der Waals surface area contributed by atoms with Crippen LogP contribution in [0, 0.1) is 13.8 Å². The Bertz CT molecular complexity index is 469. The fourth-order valence-corrected chi connectivity index (χ4v) is 2.16. The van der Waals surface area contributed by atoms with Crippen LogP contribution >= 0.6 is 0 Å². The largest absolute Gasteiger partial charge is 0.480 e. The van der Waals surface area contributed by atoms with Gasteiger partial charge in [0.25, 0.3) is 0 Å². The third-order valence-corrected chi connectivity index (χ3v) is 4.48. The summed E-state index contributed by atoms with van der Waals surface area (Å²) in [5, 5.41) is 0. The average molecular weight is 261 g/mol. The zero-order valence-electron chi connectivity index (χ0n) is 12.8. The number of nitrogens with two attached hydrogens (primary N) is 1. The van der Waals surface area contributed by atoms with E-state index in [0.717, 1.165) is 5.56 Å². The van der Waals surface area contributed by atoms with Crippen molar-refractivity contribution in [3.63, 3.8) is 0 Å². The predicted molar refractivity (Wildman–Crippen MR) is 78.9 cm³/mol. The van der Waals surface area contributed by atoms with Crippen LogP contribution in [-0.4, -0.2) is 18.3 Å². The van der Waals surface area contributed by atoms with Crippen LogP contribution in [-0.2, 0) is 9.31 Å². The first-order valence-electron chi connectivity index (χ1n) is 6.82. The lowest BCUT2D eigenvalue weighted by Gasteiger charge is -2.32. The van der Waals surface area contributed by atoms with E-state index in [0.29, 0.717) is 0 Å². The fraction of sp³-hybridized carbons (Fsp3) is 0.600. The highest BCUT2D eigenvalue weighted by Gasteiger charge is 2.53. The van der Waals surface area contributed by atoms with Crippen LogP contribution in [0.25, 0.3) is 0 Å². The molecule has 4 heteroatoms. The molecule has 0 spiro atoms. The second-order valence-electron chi connectivity index (χ2n) is 6.49. The molecule has 0 aliphatic carbocycles. The summed E-state index contributed by atoms with van der Waals surface area (Å²) >= 11 is 0. The van der Waals surface area contributed by atoms with Gasteiger partial charge in [0.15, 0.2) is 0 Å². The van der Waals surface area contributed by atoms with Gasteiger partial charge in [-0.25, -0.2) is 0 Å². The summed E-state index contributed by atoms with van der Waals surface area (Å²) in [5.41, 5.74) is 9.20. The molecule has 3 nitrogen and oxygen atoms in total. The minimum Gasteiger partial charge on any atom is -0.402 e. The Balaban J connectivity index is 2.22. The molecular formula is C15H24BNO2. The Labute approximate surface area is 116 Å². The maximum atomic E-state index is 6.31. The van der Waals surface area contributed by atoms with Gasteiger partial charge in [0.1, 0.15) is 0 Å². The summed E-state index contributed by atoms with van der Waals surface area (Å²) in [6.07, 6.45) is 0.